The van der Waals surface area contributed by atoms with Crippen LogP contribution < -0.4 is 4.90 Å². The van der Waals surface area contributed by atoms with Gasteiger partial charge in [0, 0.05) is 31.6 Å². The third-order valence-corrected chi connectivity index (χ3v) is 6.35. The topological polar surface area (TPSA) is 45.4 Å². The van der Waals surface area contributed by atoms with Crippen LogP contribution in [-0.2, 0) is 0 Å². The van der Waals surface area contributed by atoms with Crippen LogP contribution in [0, 0.1) is 0 Å². The monoisotopic (exact) mass is 492 g/mol. The number of furan rings is 1. The molecule has 6 rings (SSSR count). The Balaban J connectivity index is 0.00000137. The van der Waals surface area contributed by atoms with E-state index >= 15 is 0 Å². The fourth-order valence-corrected chi connectivity index (χ4v) is 4.81. The van der Waals surface area contributed by atoms with E-state index in [0.29, 0.717) is 0 Å². The van der Waals surface area contributed by atoms with Gasteiger partial charge in [0.05, 0.1) is 6.04 Å². The van der Waals surface area contributed by atoms with E-state index in [4.69, 9.17) is 4.42 Å². The summed E-state index contributed by atoms with van der Waals surface area (Å²) in [6, 6.07) is 29.9. The summed E-state index contributed by atoms with van der Waals surface area (Å²) in [6.07, 6.45) is 1.66. The highest BCUT2D eigenvalue weighted by Crippen LogP contribution is 2.34. The molecule has 5 aromatic rings. The molecule has 2 aromatic heterocycles. The molecule has 1 fully saturated rings. The standard InChI is InChI=1S/C27H24N4O.2ClH/c1-3-9-20(10-4-1)25(21-11-5-2-6-12-21)30-15-17-31(18-16-30)27-26-24(28-19-29-27)22-13-7-8-14-23(22)32-26;;/h1-14,19,25H,15-18H2;2*1H. The zero-order valence-electron chi connectivity index (χ0n) is 18.6. The molecule has 0 N–H and O–H groups in total. The van der Waals surface area contributed by atoms with Crippen LogP contribution in [0.1, 0.15) is 17.2 Å². The maximum atomic E-state index is 6.17. The van der Waals surface area contributed by atoms with Crippen molar-refractivity contribution in [2.24, 2.45) is 0 Å². The minimum atomic E-state index is 0. The number of para-hydroxylation sites is 1. The average Bonchev–Trinajstić information content (AvgIpc) is 3.25. The van der Waals surface area contributed by atoms with Crippen LogP contribution >= 0.6 is 24.8 Å². The van der Waals surface area contributed by atoms with E-state index in [0.717, 1.165) is 54.1 Å². The number of benzene rings is 3. The first kappa shape index (κ1) is 24.0. The predicted octanol–water partition coefficient (Wildman–Crippen LogP) is 6.13. The maximum Gasteiger partial charge on any atom is 0.196 e. The zero-order valence-corrected chi connectivity index (χ0v) is 20.2. The van der Waals surface area contributed by atoms with Crippen molar-refractivity contribution >= 4 is 52.7 Å². The molecule has 3 aromatic carbocycles. The molecule has 174 valence electrons. The summed E-state index contributed by atoms with van der Waals surface area (Å²) in [5.41, 5.74) is 5.18. The third kappa shape index (κ3) is 4.34. The third-order valence-electron chi connectivity index (χ3n) is 6.35. The molecule has 0 spiro atoms. The maximum absolute atomic E-state index is 6.17. The molecule has 7 heteroatoms. The van der Waals surface area contributed by atoms with E-state index < -0.39 is 0 Å². The number of aromatic nitrogens is 2. The molecule has 1 saturated heterocycles. The fourth-order valence-electron chi connectivity index (χ4n) is 4.81. The Morgan fingerprint density at radius 2 is 1.26 bits per heavy atom. The fraction of sp³-hybridized carbons (Fsp3) is 0.185. The molecule has 0 radical (unpaired) electrons. The Labute approximate surface area is 211 Å². The lowest BCUT2D eigenvalue weighted by Gasteiger charge is -2.40. The van der Waals surface area contributed by atoms with E-state index in [2.05, 4.69) is 86.5 Å². The van der Waals surface area contributed by atoms with Gasteiger partial charge < -0.3 is 9.32 Å². The number of rotatable bonds is 4. The molecule has 34 heavy (non-hydrogen) atoms. The smallest absolute Gasteiger partial charge is 0.196 e. The van der Waals surface area contributed by atoms with Crippen molar-refractivity contribution in [1.29, 1.82) is 0 Å². The summed E-state index contributed by atoms with van der Waals surface area (Å²) in [5.74, 6) is 0.891. The largest absolute Gasteiger partial charge is 0.450 e. The normalized spacial score (nSPS) is 14.2. The van der Waals surface area contributed by atoms with Gasteiger partial charge in [-0.25, -0.2) is 9.97 Å². The summed E-state index contributed by atoms with van der Waals surface area (Å²) >= 11 is 0. The predicted molar refractivity (Wildman–Crippen MR) is 142 cm³/mol. The van der Waals surface area contributed by atoms with Gasteiger partial charge in [-0.3, -0.25) is 4.90 Å². The number of nitrogens with zero attached hydrogens (tertiary/aromatic N) is 4. The summed E-state index contributed by atoms with van der Waals surface area (Å²) in [5, 5.41) is 1.04. The highest BCUT2D eigenvalue weighted by Gasteiger charge is 2.28. The summed E-state index contributed by atoms with van der Waals surface area (Å²) < 4.78 is 6.17. The Morgan fingerprint density at radius 1 is 0.676 bits per heavy atom. The molecule has 3 heterocycles. The van der Waals surface area contributed by atoms with Crippen molar-refractivity contribution in [2.75, 3.05) is 31.1 Å². The Hall–Kier alpha value is -3.12. The zero-order chi connectivity index (χ0) is 21.3. The lowest BCUT2D eigenvalue weighted by Crippen LogP contribution is -2.48. The van der Waals surface area contributed by atoms with Crippen molar-refractivity contribution < 1.29 is 4.42 Å². The second-order valence-corrected chi connectivity index (χ2v) is 8.22. The molecule has 0 amide bonds. The summed E-state index contributed by atoms with van der Waals surface area (Å²) in [6.45, 7) is 3.67. The van der Waals surface area contributed by atoms with Crippen LogP contribution in [0.5, 0.6) is 0 Å². The molecule has 1 aliphatic heterocycles. The number of piperazine rings is 1. The Bertz CT molecular complexity index is 1310. The lowest BCUT2D eigenvalue weighted by atomic mass is 9.96. The highest BCUT2D eigenvalue weighted by atomic mass is 35.5. The quantitative estimate of drug-likeness (QED) is 0.301. The second-order valence-electron chi connectivity index (χ2n) is 8.22. The van der Waals surface area contributed by atoms with Crippen molar-refractivity contribution in [1.82, 2.24) is 14.9 Å². The van der Waals surface area contributed by atoms with Crippen molar-refractivity contribution in [3.63, 3.8) is 0 Å². The van der Waals surface area contributed by atoms with E-state index in [1.54, 1.807) is 6.33 Å². The van der Waals surface area contributed by atoms with Crippen LogP contribution in [0.15, 0.2) is 95.7 Å². The highest BCUT2D eigenvalue weighted by molar-refractivity contribution is 6.05. The van der Waals surface area contributed by atoms with Gasteiger partial charge in [-0.1, -0.05) is 72.8 Å². The van der Waals surface area contributed by atoms with Crippen LogP contribution in [0.25, 0.3) is 22.1 Å². The minimum absolute atomic E-state index is 0. The van der Waals surface area contributed by atoms with Crippen LogP contribution in [0.2, 0.25) is 0 Å². The Kier molecular flexibility index (Phi) is 7.37. The first-order chi connectivity index (χ1) is 15.9. The first-order valence-electron chi connectivity index (χ1n) is 11.1. The molecule has 1 aliphatic rings. The summed E-state index contributed by atoms with van der Waals surface area (Å²) in [7, 11) is 0. The lowest BCUT2D eigenvalue weighted by molar-refractivity contribution is 0.212. The second kappa shape index (κ2) is 10.4. The average molecular weight is 493 g/mol. The van der Waals surface area contributed by atoms with Gasteiger partial charge in [-0.05, 0) is 23.3 Å². The molecule has 0 bridgehead atoms. The number of hydrogen-bond acceptors (Lipinski definition) is 5. The number of hydrogen-bond donors (Lipinski definition) is 0. The van der Waals surface area contributed by atoms with Crippen LogP contribution in [0.3, 0.4) is 0 Å². The molecular formula is C27H26Cl2N4O. The molecule has 5 nitrogen and oxygen atoms in total. The van der Waals surface area contributed by atoms with Gasteiger partial charge in [0.15, 0.2) is 11.4 Å². The molecule has 0 atom stereocenters. The van der Waals surface area contributed by atoms with Crippen molar-refractivity contribution in [3.8, 4) is 0 Å². The van der Waals surface area contributed by atoms with E-state index in [1.165, 1.54) is 11.1 Å². The van der Waals surface area contributed by atoms with Crippen LogP contribution in [0.4, 0.5) is 5.82 Å². The van der Waals surface area contributed by atoms with Gasteiger partial charge in [0.1, 0.15) is 17.4 Å². The van der Waals surface area contributed by atoms with E-state index in [9.17, 15) is 0 Å². The molecule has 0 saturated carbocycles. The Morgan fingerprint density at radius 3 is 1.91 bits per heavy atom. The first-order valence-corrected chi connectivity index (χ1v) is 11.1. The van der Waals surface area contributed by atoms with Gasteiger partial charge in [0.25, 0.3) is 0 Å². The summed E-state index contributed by atoms with van der Waals surface area (Å²) in [4.78, 5) is 14.0. The van der Waals surface area contributed by atoms with Gasteiger partial charge in [0.2, 0.25) is 0 Å². The van der Waals surface area contributed by atoms with Crippen molar-refractivity contribution in [3.05, 3.63) is 102 Å². The molecule has 0 aliphatic carbocycles. The number of fused-ring (bicyclic) bond motifs is 3. The molecule has 0 unspecified atom stereocenters. The van der Waals surface area contributed by atoms with Gasteiger partial charge in [-0.15, -0.1) is 24.8 Å². The SMILES string of the molecule is Cl.Cl.c1ccc(C(c2ccccc2)N2CCN(c3ncnc4c3oc3ccccc34)CC2)cc1. The number of anilines is 1. The van der Waals surface area contributed by atoms with Gasteiger partial charge >= 0.3 is 0 Å². The van der Waals surface area contributed by atoms with Crippen LogP contribution in [-0.4, -0.2) is 41.0 Å². The van der Waals surface area contributed by atoms with Gasteiger partial charge in [-0.2, -0.15) is 0 Å². The van der Waals surface area contributed by atoms with Crippen molar-refractivity contribution in [2.45, 2.75) is 6.04 Å². The molecular weight excluding hydrogens is 467 g/mol. The minimum Gasteiger partial charge on any atom is -0.450 e. The van der Waals surface area contributed by atoms with E-state index in [1.807, 2.05) is 18.2 Å². The number of halogens is 2. The van der Waals surface area contributed by atoms with E-state index in [-0.39, 0.29) is 30.9 Å².